The van der Waals surface area contributed by atoms with Crippen LogP contribution in [0.4, 0.5) is 13.2 Å². The normalized spacial score (nSPS) is 12.3. The zero-order chi connectivity index (χ0) is 21.7. The molecule has 0 aliphatic carbocycles. The third kappa shape index (κ3) is 7.78. The summed E-state index contributed by atoms with van der Waals surface area (Å²) in [5.41, 5.74) is 1.26. The molecule has 0 bridgehead atoms. The molecule has 2 aromatic rings. The summed E-state index contributed by atoms with van der Waals surface area (Å²) in [7, 11) is -3.28. The molecule has 30 heavy (non-hydrogen) atoms. The number of nitrogens with zero attached hydrogens (tertiary/aromatic N) is 1. The van der Waals surface area contributed by atoms with Crippen LogP contribution < -0.4 is 10.6 Å². The minimum absolute atomic E-state index is 0. The first-order chi connectivity index (χ1) is 13.5. The molecule has 0 aliphatic heterocycles. The highest BCUT2D eigenvalue weighted by Gasteiger charge is 2.30. The van der Waals surface area contributed by atoms with Crippen LogP contribution in [0, 0.1) is 6.92 Å². The second-order valence-electron chi connectivity index (χ2n) is 6.62. The number of guanidine groups is 1. The molecular formula is C20H25F3IN3O2S. The molecule has 0 heterocycles. The molecule has 0 aromatic heterocycles. The molecule has 5 nitrogen and oxygen atoms in total. The van der Waals surface area contributed by atoms with Crippen LogP contribution in [0.3, 0.4) is 0 Å². The van der Waals surface area contributed by atoms with Gasteiger partial charge in [-0.05, 0) is 48.7 Å². The summed E-state index contributed by atoms with van der Waals surface area (Å²) in [5.74, 6) is 0.453. The van der Waals surface area contributed by atoms with E-state index in [9.17, 15) is 21.6 Å². The van der Waals surface area contributed by atoms with Gasteiger partial charge in [0.25, 0.3) is 0 Å². The van der Waals surface area contributed by atoms with Crippen molar-refractivity contribution in [3.05, 3.63) is 64.7 Å². The van der Waals surface area contributed by atoms with E-state index in [-0.39, 0.29) is 35.4 Å². The maximum Gasteiger partial charge on any atom is 0.416 e. The average molecular weight is 555 g/mol. The summed E-state index contributed by atoms with van der Waals surface area (Å²) in [6, 6.07) is 10.1. The van der Waals surface area contributed by atoms with Crippen LogP contribution in [0.1, 0.15) is 29.2 Å². The summed E-state index contributed by atoms with van der Waals surface area (Å²) < 4.78 is 61.9. The average Bonchev–Trinajstić information content (AvgIpc) is 2.62. The lowest BCUT2D eigenvalue weighted by molar-refractivity contribution is -0.137. The van der Waals surface area contributed by atoms with Crippen molar-refractivity contribution in [3.63, 3.8) is 0 Å². The zero-order valence-corrected chi connectivity index (χ0v) is 20.0. The number of aliphatic imine (C=N–C) groups is 1. The van der Waals surface area contributed by atoms with Crippen molar-refractivity contribution in [2.24, 2.45) is 4.99 Å². The van der Waals surface area contributed by atoms with E-state index in [1.165, 1.54) is 6.07 Å². The highest BCUT2D eigenvalue weighted by atomic mass is 127. The Morgan fingerprint density at radius 3 is 2.33 bits per heavy atom. The number of halogens is 4. The van der Waals surface area contributed by atoms with Crippen LogP contribution in [0.5, 0.6) is 0 Å². The molecule has 2 N–H and O–H groups in total. The Bertz CT molecular complexity index is 993. The number of aryl methyl sites for hydroxylation is 1. The molecule has 0 fully saturated rings. The van der Waals surface area contributed by atoms with Gasteiger partial charge in [-0.1, -0.05) is 24.3 Å². The molecule has 0 unspecified atom stereocenters. The maximum absolute atomic E-state index is 12.8. The van der Waals surface area contributed by atoms with Crippen molar-refractivity contribution in [1.82, 2.24) is 10.6 Å². The summed E-state index contributed by atoms with van der Waals surface area (Å²) >= 11 is 0. The van der Waals surface area contributed by atoms with Crippen molar-refractivity contribution in [3.8, 4) is 0 Å². The van der Waals surface area contributed by atoms with E-state index >= 15 is 0 Å². The topological polar surface area (TPSA) is 70.6 Å². The molecule has 0 saturated heterocycles. The van der Waals surface area contributed by atoms with Gasteiger partial charge in [0.15, 0.2) is 15.8 Å². The van der Waals surface area contributed by atoms with Crippen LogP contribution in [0.25, 0.3) is 0 Å². The molecule has 0 amide bonds. The molecule has 0 radical (unpaired) electrons. The van der Waals surface area contributed by atoms with E-state index in [0.717, 1.165) is 24.0 Å². The third-order valence-corrected chi connectivity index (χ3v) is 5.37. The summed E-state index contributed by atoms with van der Waals surface area (Å²) in [4.78, 5) is 4.62. The molecular weight excluding hydrogens is 530 g/mol. The highest BCUT2D eigenvalue weighted by molar-refractivity contribution is 14.0. The van der Waals surface area contributed by atoms with Gasteiger partial charge in [0.1, 0.15) is 0 Å². The van der Waals surface area contributed by atoms with E-state index in [1.807, 2.05) is 6.92 Å². The number of hydrogen-bond acceptors (Lipinski definition) is 3. The second kappa shape index (κ2) is 11.0. The second-order valence-corrected chi connectivity index (χ2v) is 8.60. The van der Waals surface area contributed by atoms with Crippen molar-refractivity contribution in [2.45, 2.75) is 38.0 Å². The van der Waals surface area contributed by atoms with Gasteiger partial charge in [0, 0.05) is 19.3 Å². The lowest BCUT2D eigenvalue weighted by Crippen LogP contribution is -2.36. The summed E-state index contributed by atoms with van der Waals surface area (Å²) in [6.07, 6.45) is -3.23. The Labute approximate surface area is 192 Å². The van der Waals surface area contributed by atoms with Crippen molar-refractivity contribution in [2.75, 3.05) is 12.8 Å². The Hall–Kier alpha value is -1.82. The Morgan fingerprint density at radius 1 is 1.07 bits per heavy atom. The van der Waals surface area contributed by atoms with E-state index in [0.29, 0.717) is 30.2 Å². The quantitative estimate of drug-likeness (QED) is 0.317. The zero-order valence-electron chi connectivity index (χ0n) is 16.9. The van der Waals surface area contributed by atoms with Gasteiger partial charge >= 0.3 is 6.18 Å². The fourth-order valence-electron chi connectivity index (χ4n) is 2.78. The van der Waals surface area contributed by atoms with Gasteiger partial charge in [-0.15, -0.1) is 24.0 Å². The molecule has 166 valence electrons. The maximum atomic E-state index is 12.8. The van der Waals surface area contributed by atoms with Crippen molar-refractivity contribution >= 4 is 39.8 Å². The molecule has 0 aliphatic rings. The monoisotopic (exact) mass is 555 g/mol. The van der Waals surface area contributed by atoms with Gasteiger partial charge in [-0.2, -0.15) is 13.2 Å². The summed E-state index contributed by atoms with van der Waals surface area (Å²) in [6.45, 7) is 4.67. The number of rotatable bonds is 6. The van der Waals surface area contributed by atoms with Gasteiger partial charge in [-0.3, -0.25) is 0 Å². The predicted molar refractivity (Wildman–Crippen MR) is 123 cm³/mol. The number of benzene rings is 2. The SMILES string of the molecule is CCNC(=NCc1cccc(C(F)(F)F)c1)NCc1ccc(S(C)(=O)=O)c(C)c1.I. The Kier molecular flexibility index (Phi) is 9.60. The van der Waals surface area contributed by atoms with E-state index in [1.54, 1.807) is 31.2 Å². The van der Waals surface area contributed by atoms with Crippen LogP contribution in [0.15, 0.2) is 52.4 Å². The molecule has 0 saturated carbocycles. The molecule has 0 atom stereocenters. The Morgan fingerprint density at radius 2 is 1.77 bits per heavy atom. The lowest BCUT2D eigenvalue weighted by Gasteiger charge is -2.13. The minimum atomic E-state index is -4.39. The highest BCUT2D eigenvalue weighted by Crippen LogP contribution is 2.29. The predicted octanol–water partition coefficient (Wildman–Crippen LogP) is 4.29. The van der Waals surface area contributed by atoms with Gasteiger partial charge < -0.3 is 10.6 Å². The standard InChI is InChI=1S/C20H24F3N3O2S.HI/c1-4-24-19(25-12-15-6-5-7-17(11-15)20(21,22)23)26-13-16-8-9-18(14(2)10-16)29(3,27)28;/h5-11H,4,12-13H2,1-3H3,(H2,24,25,26);1H. The van der Waals surface area contributed by atoms with Gasteiger partial charge in [0.05, 0.1) is 17.0 Å². The number of sulfone groups is 1. The molecule has 2 rings (SSSR count). The third-order valence-electron chi connectivity index (χ3n) is 4.12. The first kappa shape index (κ1) is 26.2. The first-order valence-electron chi connectivity index (χ1n) is 8.98. The number of hydrogen-bond donors (Lipinski definition) is 2. The van der Waals surface area contributed by atoms with Gasteiger partial charge in [0.2, 0.25) is 0 Å². The van der Waals surface area contributed by atoms with Crippen LogP contribution >= 0.6 is 24.0 Å². The molecule has 10 heteroatoms. The van der Waals surface area contributed by atoms with Crippen LogP contribution in [-0.2, 0) is 29.1 Å². The lowest BCUT2D eigenvalue weighted by atomic mass is 10.1. The van der Waals surface area contributed by atoms with E-state index in [4.69, 9.17) is 0 Å². The van der Waals surface area contributed by atoms with Crippen molar-refractivity contribution < 1.29 is 21.6 Å². The van der Waals surface area contributed by atoms with Gasteiger partial charge in [-0.25, -0.2) is 13.4 Å². The fourth-order valence-corrected chi connectivity index (χ4v) is 3.74. The van der Waals surface area contributed by atoms with E-state index < -0.39 is 21.6 Å². The van der Waals surface area contributed by atoms with E-state index in [2.05, 4.69) is 15.6 Å². The number of nitrogens with one attached hydrogen (secondary N) is 2. The largest absolute Gasteiger partial charge is 0.416 e. The Balaban J connectivity index is 0.00000450. The minimum Gasteiger partial charge on any atom is -0.357 e. The van der Waals surface area contributed by atoms with Crippen molar-refractivity contribution in [1.29, 1.82) is 0 Å². The number of alkyl halides is 3. The summed E-state index contributed by atoms with van der Waals surface area (Å²) in [5, 5.41) is 6.14. The molecule has 0 spiro atoms. The van der Waals surface area contributed by atoms with Crippen LogP contribution in [0.2, 0.25) is 0 Å². The first-order valence-corrected chi connectivity index (χ1v) is 10.9. The molecule has 2 aromatic carbocycles. The fraction of sp³-hybridized carbons (Fsp3) is 0.350. The smallest absolute Gasteiger partial charge is 0.357 e. The van der Waals surface area contributed by atoms with Crippen LogP contribution in [-0.4, -0.2) is 27.2 Å².